The Kier molecular flexibility index (Phi) is 2.52. The van der Waals surface area contributed by atoms with Gasteiger partial charge in [0.05, 0.1) is 4.90 Å². The van der Waals surface area contributed by atoms with Crippen LogP contribution in [0.4, 0.5) is 5.69 Å². The molecule has 0 saturated carbocycles. The highest BCUT2D eigenvalue weighted by molar-refractivity contribution is 8.08. The molecule has 0 bridgehead atoms. The lowest BCUT2D eigenvalue weighted by Crippen LogP contribution is -1.93. The summed E-state index contributed by atoms with van der Waals surface area (Å²) in [4.78, 5) is 0.492. The summed E-state index contributed by atoms with van der Waals surface area (Å²) in [6.45, 7) is 1.90. The van der Waals surface area contributed by atoms with Crippen molar-refractivity contribution in [1.82, 2.24) is 0 Å². The fourth-order valence-electron chi connectivity index (χ4n) is 0.781. The summed E-state index contributed by atoms with van der Waals surface area (Å²) < 4.78 is 10.8. The first kappa shape index (κ1) is 8.56. The minimum absolute atomic E-state index is 0.476. The molecule has 0 fully saturated rings. The Labute approximate surface area is 72.3 Å². The molecule has 0 aliphatic rings. The zero-order valence-electron chi connectivity index (χ0n) is 6.00. The zero-order valence-corrected chi connectivity index (χ0v) is 7.58. The van der Waals surface area contributed by atoms with Gasteiger partial charge in [0.2, 0.25) is 0 Å². The molecule has 11 heavy (non-hydrogen) atoms. The number of nitrogens with two attached hydrogens (primary N) is 1. The summed E-state index contributed by atoms with van der Waals surface area (Å²) in [7, 11) is 3.87. The van der Waals surface area contributed by atoms with E-state index in [1.54, 1.807) is 12.1 Å². The van der Waals surface area contributed by atoms with Gasteiger partial charge in [-0.25, -0.2) is 4.21 Å². The summed E-state index contributed by atoms with van der Waals surface area (Å²) in [5, 5.41) is 0. The first-order valence-corrected chi connectivity index (χ1v) is 5.03. The van der Waals surface area contributed by atoms with Gasteiger partial charge >= 0.3 is 0 Å². The van der Waals surface area contributed by atoms with Gasteiger partial charge in [0.25, 0.3) is 0 Å². The van der Waals surface area contributed by atoms with E-state index in [-0.39, 0.29) is 0 Å². The predicted octanol–water partition coefficient (Wildman–Crippen LogP) is 1.84. The van der Waals surface area contributed by atoms with Crippen LogP contribution < -0.4 is 5.73 Å². The first-order valence-electron chi connectivity index (χ1n) is 3.05. The number of benzene rings is 1. The van der Waals surface area contributed by atoms with Gasteiger partial charge in [-0.3, -0.25) is 0 Å². The zero-order chi connectivity index (χ0) is 8.43. The van der Waals surface area contributed by atoms with Crippen LogP contribution in [-0.2, 0) is 10.0 Å². The second-order valence-corrected chi connectivity index (χ2v) is 3.99. The van der Waals surface area contributed by atoms with Crippen molar-refractivity contribution >= 4 is 26.4 Å². The Hall–Kier alpha value is -0.540. The van der Waals surface area contributed by atoms with Crippen LogP contribution in [0, 0.1) is 6.92 Å². The van der Waals surface area contributed by atoms with Crippen LogP contribution in [0.1, 0.15) is 5.56 Å². The van der Waals surface area contributed by atoms with E-state index in [4.69, 9.17) is 16.4 Å². The monoisotopic (exact) mass is 189 g/mol. The lowest BCUT2D eigenvalue weighted by molar-refractivity contribution is 0.691. The molecule has 0 aliphatic carbocycles. The topological polar surface area (TPSA) is 43.1 Å². The number of rotatable bonds is 1. The lowest BCUT2D eigenvalue weighted by Gasteiger charge is -2.00. The molecule has 1 aromatic carbocycles. The van der Waals surface area contributed by atoms with Gasteiger partial charge < -0.3 is 5.73 Å². The second-order valence-electron chi connectivity index (χ2n) is 2.26. The molecule has 4 heteroatoms. The maximum absolute atomic E-state index is 10.8. The SMILES string of the molecule is Cc1ccc(N)c(S(=O)Cl)c1. The van der Waals surface area contributed by atoms with E-state index >= 15 is 0 Å². The third kappa shape index (κ3) is 1.94. The quantitative estimate of drug-likeness (QED) is 0.541. The molecule has 2 nitrogen and oxygen atoms in total. The number of aryl methyl sites for hydroxylation is 1. The van der Waals surface area contributed by atoms with Gasteiger partial charge in [-0.2, -0.15) is 0 Å². The largest absolute Gasteiger partial charge is 0.398 e. The summed E-state index contributed by atoms with van der Waals surface area (Å²) in [5.41, 5.74) is 6.99. The van der Waals surface area contributed by atoms with E-state index in [1.807, 2.05) is 13.0 Å². The number of hydrogen-bond donors (Lipinski definition) is 1. The fourth-order valence-corrected chi connectivity index (χ4v) is 1.71. The molecule has 1 atom stereocenters. The average molecular weight is 190 g/mol. The van der Waals surface area contributed by atoms with Crippen molar-refractivity contribution in [3.63, 3.8) is 0 Å². The Bertz CT molecular complexity index is 300. The Balaban J connectivity index is 3.23. The molecule has 0 spiro atoms. The molecule has 0 amide bonds. The molecule has 1 rings (SSSR count). The van der Waals surface area contributed by atoms with E-state index in [1.165, 1.54) is 0 Å². The van der Waals surface area contributed by atoms with Crippen LogP contribution in [0.2, 0.25) is 0 Å². The van der Waals surface area contributed by atoms with Crippen molar-refractivity contribution in [2.45, 2.75) is 11.8 Å². The van der Waals surface area contributed by atoms with E-state index < -0.39 is 10.0 Å². The van der Waals surface area contributed by atoms with Crippen molar-refractivity contribution in [3.05, 3.63) is 23.8 Å². The third-order valence-electron chi connectivity index (χ3n) is 1.34. The molecule has 0 aromatic heterocycles. The van der Waals surface area contributed by atoms with Crippen molar-refractivity contribution in [3.8, 4) is 0 Å². The van der Waals surface area contributed by atoms with Crippen molar-refractivity contribution in [2.75, 3.05) is 5.73 Å². The van der Waals surface area contributed by atoms with Crippen LogP contribution in [0.5, 0.6) is 0 Å². The van der Waals surface area contributed by atoms with E-state index in [0.717, 1.165) is 5.56 Å². The summed E-state index contributed by atoms with van der Waals surface area (Å²) >= 11 is 0. The van der Waals surface area contributed by atoms with Gasteiger partial charge in [-0.1, -0.05) is 6.07 Å². The minimum atomic E-state index is -1.50. The number of hydrogen-bond acceptors (Lipinski definition) is 2. The molecule has 1 unspecified atom stereocenters. The molecule has 2 N–H and O–H groups in total. The highest BCUT2D eigenvalue weighted by Crippen LogP contribution is 2.19. The lowest BCUT2D eigenvalue weighted by atomic mass is 10.2. The number of anilines is 1. The van der Waals surface area contributed by atoms with Gasteiger partial charge in [-0.05, 0) is 35.3 Å². The van der Waals surface area contributed by atoms with Gasteiger partial charge in [-0.15, -0.1) is 0 Å². The molecule has 0 aliphatic heterocycles. The number of nitrogen functional groups attached to an aromatic ring is 1. The number of halogens is 1. The summed E-state index contributed by atoms with van der Waals surface area (Å²) in [6, 6.07) is 5.27. The van der Waals surface area contributed by atoms with Gasteiger partial charge in [0.15, 0.2) is 0 Å². The highest BCUT2D eigenvalue weighted by Gasteiger charge is 2.03. The molecule has 0 radical (unpaired) electrons. The molecular weight excluding hydrogens is 182 g/mol. The first-order chi connectivity index (χ1) is 5.11. The van der Waals surface area contributed by atoms with Crippen molar-refractivity contribution in [2.24, 2.45) is 0 Å². The summed E-state index contributed by atoms with van der Waals surface area (Å²) in [6.07, 6.45) is 0. The van der Waals surface area contributed by atoms with Crippen LogP contribution in [0.3, 0.4) is 0 Å². The molecule has 1 aromatic rings. The van der Waals surface area contributed by atoms with Crippen LogP contribution in [0.25, 0.3) is 0 Å². The van der Waals surface area contributed by atoms with E-state index in [2.05, 4.69) is 0 Å². The highest BCUT2D eigenvalue weighted by atomic mass is 35.7. The summed E-state index contributed by atoms with van der Waals surface area (Å²) in [5.74, 6) is 0. The van der Waals surface area contributed by atoms with Crippen LogP contribution in [0.15, 0.2) is 23.1 Å². The van der Waals surface area contributed by atoms with E-state index in [0.29, 0.717) is 10.6 Å². The normalized spacial score (nSPS) is 12.9. The molecule has 0 saturated heterocycles. The maximum atomic E-state index is 10.8. The van der Waals surface area contributed by atoms with Gasteiger partial charge in [0, 0.05) is 5.69 Å². The Morgan fingerprint density at radius 1 is 1.55 bits per heavy atom. The van der Waals surface area contributed by atoms with E-state index in [9.17, 15) is 4.21 Å². The standard InChI is InChI=1S/C7H8ClNOS/c1-5-2-3-6(9)7(4-5)11(8)10/h2-4H,9H2,1H3. The van der Waals surface area contributed by atoms with Crippen LogP contribution in [-0.4, -0.2) is 4.21 Å². The second kappa shape index (κ2) is 3.24. The molecular formula is C7H8ClNOS. The maximum Gasteiger partial charge on any atom is 0.149 e. The Morgan fingerprint density at radius 2 is 2.18 bits per heavy atom. The molecule has 0 heterocycles. The molecule has 60 valence electrons. The van der Waals surface area contributed by atoms with Crippen LogP contribution >= 0.6 is 10.7 Å². The Morgan fingerprint density at radius 3 is 2.64 bits per heavy atom. The predicted molar refractivity (Wildman–Crippen MR) is 47.9 cm³/mol. The third-order valence-corrected chi connectivity index (χ3v) is 2.54. The van der Waals surface area contributed by atoms with Crippen molar-refractivity contribution < 1.29 is 4.21 Å². The fraction of sp³-hybridized carbons (Fsp3) is 0.143. The smallest absolute Gasteiger partial charge is 0.149 e. The van der Waals surface area contributed by atoms with Crippen molar-refractivity contribution in [1.29, 1.82) is 0 Å². The minimum Gasteiger partial charge on any atom is -0.398 e. The average Bonchev–Trinajstić information content (AvgIpc) is 1.94. The van der Waals surface area contributed by atoms with Gasteiger partial charge in [0.1, 0.15) is 10.0 Å².